The highest BCUT2D eigenvalue weighted by Crippen LogP contribution is 2.33. The number of esters is 2. The quantitative estimate of drug-likeness (QED) is 0.195. The van der Waals surface area contributed by atoms with Crippen molar-refractivity contribution in [2.45, 2.75) is 49.8 Å². The van der Waals surface area contributed by atoms with Gasteiger partial charge in [0.05, 0.1) is 6.42 Å². The van der Waals surface area contributed by atoms with E-state index in [0.29, 0.717) is 0 Å². The number of imidazole rings is 1. The molecule has 1 aromatic heterocycles. The van der Waals surface area contributed by atoms with Crippen LogP contribution in [0.2, 0.25) is 0 Å². The van der Waals surface area contributed by atoms with Gasteiger partial charge in [0.15, 0.2) is 11.9 Å². The Bertz CT molecular complexity index is 1190. The highest BCUT2D eigenvalue weighted by molar-refractivity contribution is 5.93. The minimum absolute atomic E-state index is 0.0292. The first-order valence-electron chi connectivity index (χ1n) is 11.1. The van der Waals surface area contributed by atoms with Gasteiger partial charge in [-0.2, -0.15) is 13.2 Å². The highest BCUT2D eigenvalue weighted by atomic mass is 19.4. The standard InChI is InChI=1S/C20H24N4O9.C2HF3O2/c21-11(6-13(25)31-7-10-4-2-1-3-5-10)20(30)32-8-12-15(26)16(27)19(33-12)24-9-23-14(17(22)28)18(24)29;3-2(4,5)1(6)7/h1-5,9,11-12,15-16,19,26-27,29H,6-8,21H2,(H2,22,28);(H,6,7)/t11-,12?,15?,16?,19?;/m0./s1. The Morgan fingerprint density at radius 2 is 1.70 bits per heavy atom. The fraction of sp³-hybridized carbons (Fsp3) is 0.409. The van der Waals surface area contributed by atoms with Crippen LogP contribution in [0.4, 0.5) is 13.2 Å². The number of aliphatic hydroxyl groups is 2. The van der Waals surface area contributed by atoms with Crippen LogP contribution >= 0.6 is 0 Å². The summed E-state index contributed by atoms with van der Waals surface area (Å²) < 4.78 is 48.1. The van der Waals surface area contributed by atoms with Crippen molar-refractivity contribution in [1.29, 1.82) is 0 Å². The maximum atomic E-state index is 12.1. The van der Waals surface area contributed by atoms with Crippen LogP contribution in [0.3, 0.4) is 0 Å². The van der Waals surface area contributed by atoms with Crippen LogP contribution in [0.1, 0.15) is 28.7 Å². The molecule has 1 aliphatic rings. The third-order valence-corrected chi connectivity index (χ3v) is 5.18. The zero-order chi connectivity index (χ0) is 30.2. The maximum Gasteiger partial charge on any atom is 0.490 e. The molecule has 2 heterocycles. The number of carbonyl (C=O) groups is 4. The highest BCUT2D eigenvalue weighted by Gasteiger charge is 2.45. The molecule has 0 aliphatic carbocycles. The van der Waals surface area contributed by atoms with Crippen LogP contribution in [-0.2, 0) is 35.2 Å². The second kappa shape index (κ2) is 13.7. The van der Waals surface area contributed by atoms with Crippen molar-refractivity contribution in [2.75, 3.05) is 6.61 Å². The summed E-state index contributed by atoms with van der Waals surface area (Å²) in [6.07, 6.45) is -10.1. The number of hydrogen-bond donors (Lipinski definition) is 6. The van der Waals surface area contributed by atoms with E-state index in [9.17, 15) is 42.9 Å². The van der Waals surface area contributed by atoms with Gasteiger partial charge in [-0.05, 0) is 5.56 Å². The molecule has 1 fully saturated rings. The van der Waals surface area contributed by atoms with Crippen LogP contribution in [0.25, 0.3) is 0 Å². The smallest absolute Gasteiger partial charge is 0.490 e. The van der Waals surface area contributed by atoms with Gasteiger partial charge >= 0.3 is 24.1 Å². The number of hydrogen-bond acceptors (Lipinski definition) is 12. The normalized spacial score (nSPS) is 21.1. The fourth-order valence-electron chi connectivity index (χ4n) is 3.14. The average Bonchev–Trinajstić information content (AvgIpc) is 3.40. The van der Waals surface area contributed by atoms with Gasteiger partial charge in [0, 0.05) is 0 Å². The van der Waals surface area contributed by atoms with E-state index in [-0.39, 0.29) is 6.61 Å². The molecule has 18 heteroatoms. The second-order valence-corrected chi connectivity index (χ2v) is 8.12. The third kappa shape index (κ3) is 8.63. The lowest BCUT2D eigenvalue weighted by Crippen LogP contribution is -2.39. The number of benzene rings is 1. The van der Waals surface area contributed by atoms with Gasteiger partial charge in [0.25, 0.3) is 5.91 Å². The van der Waals surface area contributed by atoms with Crippen molar-refractivity contribution in [1.82, 2.24) is 9.55 Å². The lowest BCUT2D eigenvalue weighted by molar-refractivity contribution is -0.192. The number of nitrogens with zero attached hydrogens (tertiary/aromatic N) is 2. The van der Waals surface area contributed by atoms with E-state index in [4.69, 9.17) is 35.6 Å². The van der Waals surface area contributed by atoms with Gasteiger partial charge in [-0.1, -0.05) is 30.3 Å². The van der Waals surface area contributed by atoms with Gasteiger partial charge in [0.2, 0.25) is 5.88 Å². The van der Waals surface area contributed by atoms with E-state index in [0.717, 1.165) is 16.5 Å². The number of aliphatic hydroxyl groups excluding tert-OH is 2. The molecule has 0 saturated carbocycles. The minimum atomic E-state index is -5.08. The van der Waals surface area contributed by atoms with Gasteiger partial charge < -0.3 is 46.1 Å². The van der Waals surface area contributed by atoms with Crippen molar-refractivity contribution in [3.8, 4) is 5.88 Å². The van der Waals surface area contributed by atoms with Crippen LogP contribution in [0.5, 0.6) is 5.88 Å². The first-order chi connectivity index (χ1) is 18.6. The number of aromatic hydroxyl groups is 1. The number of carboxylic acids is 1. The number of halogens is 3. The summed E-state index contributed by atoms with van der Waals surface area (Å²) in [5, 5.41) is 37.6. The number of amides is 1. The average molecular weight is 578 g/mol. The number of carboxylic acid groups (broad SMARTS) is 1. The van der Waals surface area contributed by atoms with Crippen molar-refractivity contribution in [2.24, 2.45) is 11.5 Å². The summed E-state index contributed by atoms with van der Waals surface area (Å²) in [4.78, 5) is 47.8. The number of carbonyl (C=O) groups excluding carboxylic acids is 3. The van der Waals surface area contributed by atoms with Crippen LogP contribution in [0.15, 0.2) is 36.7 Å². The van der Waals surface area contributed by atoms with Gasteiger partial charge in [0.1, 0.15) is 43.9 Å². The van der Waals surface area contributed by atoms with Crippen molar-refractivity contribution in [3.05, 3.63) is 47.9 Å². The van der Waals surface area contributed by atoms with Gasteiger partial charge in [-0.15, -0.1) is 0 Å². The molecule has 15 nitrogen and oxygen atoms in total. The zero-order valence-electron chi connectivity index (χ0n) is 20.3. The Labute approximate surface area is 222 Å². The molecule has 1 amide bonds. The molecule has 1 aliphatic heterocycles. The molecular formula is C22H25F3N4O11. The summed E-state index contributed by atoms with van der Waals surface area (Å²) in [5.41, 5.74) is 11.1. The van der Waals surface area contributed by atoms with Crippen LogP contribution < -0.4 is 11.5 Å². The number of ether oxygens (including phenoxy) is 3. The number of primary amides is 1. The molecule has 4 unspecified atom stereocenters. The predicted molar refractivity (Wildman–Crippen MR) is 122 cm³/mol. The minimum Gasteiger partial charge on any atom is -0.493 e. The summed E-state index contributed by atoms with van der Waals surface area (Å²) in [5.74, 6) is -6.06. The Morgan fingerprint density at radius 1 is 1.10 bits per heavy atom. The molecule has 1 saturated heterocycles. The molecule has 1 aromatic carbocycles. The van der Waals surface area contributed by atoms with E-state index in [1.165, 1.54) is 0 Å². The Hall–Kier alpha value is -4.26. The fourth-order valence-corrected chi connectivity index (χ4v) is 3.14. The molecular weight excluding hydrogens is 553 g/mol. The summed E-state index contributed by atoms with van der Waals surface area (Å²) in [7, 11) is 0. The van der Waals surface area contributed by atoms with Crippen molar-refractivity contribution >= 4 is 23.8 Å². The van der Waals surface area contributed by atoms with Gasteiger partial charge in [-0.3, -0.25) is 19.0 Å². The zero-order valence-corrected chi connectivity index (χ0v) is 20.3. The predicted octanol–water partition coefficient (Wildman–Crippen LogP) is -1.06. The second-order valence-electron chi connectivity index (χ2n) is 8.12. The summed E-state index contributed by atoms with van der Waals surface area (Å²) in [6, 6.07) is 7.63. The Balaban J connectivity index is 0.000000708. The van der Waals surface area contributed by atoms with E-state index in [2.05, 4.69) is 4.98 Å². The van der Waals surface area contributed by atoms with Crippen molar-refractivity contribution < 1.29 is 67.0 Å². The molecule has 2 aromatic rings. The molecule has 8 N–H and O–H groups in total. The topological polar surface area (TPSA) is 247 Å². The number of nitrogens with two attached hydrogens (primary N) is 2. The lowest BCUT2D eigenvalue weighted by atomic mass is 10.1. The third-order valence-electron chi connectivity index (χ3n) is 5.18. The van der Waals surface area contributed by atoms with Gasteiger partial charge in [-0.25, -0.2) is 9.78 Å². The Kier molecular flexibility index (Phi) is 10.9. The number of rotatable bonds is 9. The molecule has 40 heavy (non-hydrogen) atoms. The molecule has 3 rings (SSSR count). The summed E-state index contributed by atoms with van der Waals surface area (Å²) in [6.45, 7) is -0.472. The summed E-state index contributed by atoms with van der Waals surface area (Å²) >= 11 is 0. The molecule has 220 valence electrons. The van der Waals surface area contributed by atoms with E-state index in [1.807, 2.05) is 6.07 Å². The van der Waals surface area contributed by atoms with E-state index >= 15 is 0 Å². The monoisotopic (exact) mass is 578 g/mol. The molecule has 5 atom stereocenters. The first kappa shape index (κ1) is 32.0. The van der Waals surface area contributed by atoms with Crippen LogP contribution in [-0.4, -0.2) is 90.9 Å². The molecule has 0 bridgehead atoms. The maximum absolute atomic E-state index is 12.1. The Morgan fingerprint density at radius 3 is 2.23 bits per heavy atom. The van der Waals surface area contributed by atoms with Crippen molar-refractivity contribution in [3.63, 3.8) is 0 Å². The van der Waals surface area contributed by atoms with E-state index in [1.54, 1.807) is 24.3 Å². The van der Waals surface area contributed by atoms with Crippen LogP contribution in [0, 0.1) is 0 Å². The first-order valence-corrected chi connectivity index (χ1v) is 11.1. The lowest BCUT2D eigenvalue weighted by Gasteiger charge is -2.17. The SMILES string of the molecule is NC(=O)c1ncn(C2OC(COC(=O)[C@@H](N)CC(=O)OCc3ccccc3)C(O)C2O)c1O.O=C(O)C(F)(F)F. The largest absolute Gasteiger partial charge is 0.493 e. The number of aromatic nitrogens is 2. The number of aliphatic carboxylic acids is 1. The molecule has 0 radical (unpaired) electrons. The van der Waals surface area contributed by atoms with E-state index < -0.39 is 85.2 Å². The number of alkyl halides is 3. The molecule has 0 spiro atoms.